The van der Waals surface area contributed by atoms with E-state index in [1.54, 1.807) is 0 Å². The lowest BCUT2D eigenvalue weighted by atomic mass is 10.2. The van der Waals surface area contributed by atoms with Crippen LogP contribution in [-0.2, 0) is 19.9 Å². The summed E-state index contributed by atoms with van der Waals surface area (Å²) in [6, 6.07) is 3.91. The maximum atomic E-state index is 12.4. The zero-order valence-corrected chi connectivity index (χ0v) is 12.7. The summed E-state index contributed by atoms with van der Waals surface area (Å²) >= 11 is 0. The van der Waals surface area contributed by atoms with E-state index < -0.39 is 30.5 Å². The van der Waals surface area contributed by atoms with Gasteiger partial charge in [-0.1, -0.05) is 6.42 Å². The van der Waals surface area contributed by atoms with Gasteiger partial charge in [0, 0.05) is 13.1 Å². The molecule has 9 heteroatoms. The highest BCUT2D eigenvalue weighted by Crippen LogP contribution is 2.23. The van der Waals surface area contributed by atoms with E-state index in [9.17, 15) is 25.6 Å². The lowest BCUT2D eigenvalue weighted by Gasteiger charge is -2.25. The fourth-order valence-corrected chi connectivity index (χ4v) is 4.40. The van der Waals surface area contributed by atoms with Gasteiger partial charge < -0.3 is 0 Å². The maximum Gasteiger partial charge on any atom is 0.341 e. The van der Waals surface area contributed by atoms with Crippen LogP contribution in [0.4, 0.5) is 8.78 Å². The Morgan fingerprint density at radius 1 is 0.857 bits per heavy atom. The number of hydrogen-bond acceptors (Lipinski definition) is 4. The van der Waals surface area contributed by atoms with Crippen LogP contribution >= 0.6 is 0 Å². The van der Waals surface area contributed by atoms with Crippen LogP contribution in [0.3, 0.4) is 0 Å². The van der Waals surface area contributed by atoms with Gasteiger partial charge in [-0.25, -0.2) is 16.8 Å². The molecule has 1 aliphatic rings. The van der Waals surface area contributed by atoms with E-state index in [-0.39, 0.29) is 4.90 Å². The first-order valence-corrected chi connectivity index (χ1v) is 9.37. The average molecular weight is 339 g/mol. The second-order valence-electron chi connectivity index (χ2n) is 4.74. The third kappa shape index (κ3) is 3.24. The Morgan fingerprint density at radius 3 is 1.81 bits per heavy atom. The van der Waals surface area contributed by atoms with E-state index in [1.807, 2.05) is 0 Å². The molecule has 1 aromatic rings. The Morgan fingerprint density at radius 2 is 1.33 bits per heavy atom. The van der Waals surface area contributed by atoms with Crippen LogP contribution in [0.2, 0.25) is 0 Å². The van der Waals surface area contributed by atoms with Crippen LogP contribution in [0.25, 0.3) is 0 Å². The first kappa shape index (κ1) is 16.3. The zero-order valence-electron chi connectivity index (χ0n) is 11.1. The molecule has 1 aliphatic heterocycles. The molecule has 0 amide bonds. The van der Waals surface area contributed by atoms with Gasteiger partial charge in [0.05, 0.1) is 9.79 Å². The summed E-state index contributed by atoms with van der Waals surface area (Å²) in [5.74, 6) is -3.53. The van der Waals surface area contributed by atoms with Crippen molar-refractivity contribution in [2.45, 2.75) is 34.8 Å². The van der Waals surface area contributed by atoms with Gasteiger partial charge in [0.2, 0.25) is 19.9 Å². The highest BCUT2D eigenvalue weighted by atomic mass is 32.2. The first-order valence-electron chi connectivity index (χ1n) is 6.38. The monoisotopic (exact) mass is 339 g/mol. The summed E-state index contributed by atoms with van der Waals surface area (Å²) in [7, 11) is -8.40. The predicted molar refractivity (Wildman–Crippen MR) is 72.2 cm³/mol. The predicted octanol–water partition coefficient (Wildman–Crippen LogP) is 1.86. The third-order valence-corrected chi connectivity index (χ3v) is 6.65. The molecule has 2 rings (SSSR count). The van der Waals surface area contributed by atoms with Gasteiger partial charge >= 0.3 is 5.76 Å². The molecule has 0 spiro atoms. The molecule has 118 valence electrons. The van der Waals surface area contributed by atoms with Crippen LogP contribution in [0, 0.1) is 0 Å². The van der Waals surface area contributed by atoms with Gasteiger partial charge in [-0.15, -0.1) is 0 Å². The molecule has 0 saturated carbocycles. The highest BCUT2D eigenvalue weighted by molar-refractivity contribution is 7.91. The summed E-state index contributed by atoms with van der Waals surface area (Å²) in [5, 5.41) is 0. The van der Waals surface area contributed by atoms with Crippen molar-refractivity contribution in [3.8, 4) is 0 Å². The van der Waals surface area contributed by atoms with E-state index in [4.69, 9.17) is 0 Å². The zero-order chi connectivity index (χ0) is 15.7. The quantitative estimate of drug-likeness (QED) is 0.839. The average Bonchev–Trinajstić information content (AvgIpc) is 2.48. The molecule has 21 heavy (non-hydrogen) atoms. The summed E-state index contributed by atoms with van der Waals surface area (Å²) < 4.78 is 73.3. The molecule has 0 bridgehead atoms. The smallest absolute Gasteiger partial charge is 0.218 e. The van der Waals surface area contributed by atoms with Gasteiger partial charge in [-0.05, 0) is 37.1 Å². The van der Waals surface area contributed by atoms with E-state index in [2.05, 4.69) is 0 Å². The van der Waals surface area contributed by atoms with Crippen molar-refractivity contribution in [2.24, 2.45) is 0 Å². The number of rotatable bonds is 4. The number of hydrogen-bond donors (Lipinski definition) is 0. The molecule has 1 aromatic carbocycles. The number of alkyl halides is 2. The molecular formula is C12H15F2NO4S2. The van der Waals surface area contributed by atoms with Crippen LogP contribution in [0.5, 0.6) is 0 Å². The number of piperidine rings is 1. The minimum atomic E-state index is -4.71. The Labute approximate surface area is 122 Å². The lowest BCUT2D eigenvalue weighted by molar-refractivity contribution is 0.234. The molecule has 0 radical (unpaired) electrons. The molecule has 0 atom stereocenters. The van der Waals surface area contributed by atoms with Crippen LogP contribution in [0.1, 0.15) is 19.3 Å². The molecule has 0 unspecified atom stereocenters. The Bertz CT molecular complexity index is 693. The van der Waals surface area contributed by atoms with Gasteiger partial charge in [-0.2, -0.15) is 13.1 Å². The first-order chi connectivity index (χ1) is 9.76. The van der Waals surface area contributed by atoms with E-state index in [1.165, 1.54) is 4.31 Å². The van der Waals surface area contributed by atoms with Crippen molar-refractivity contribution in [2.75, 3.05) is 13.1 Å². The largest absolute Gasteiger partial charge is 0.341 e. The van der Waals surface area contributed by atoms with Crippen LogP contribution in [-0.4, -0.2) is 40.0 Å². The topological polar surface area (TPSA) is 71.5 Å². The standard InChI is InChI=1S/C12H15F2NO4S2/c13-12(14)20(16,17)10-4-6-11(7-5-10)21(18,19)15-8-2-1-3-9-15/h4-7,12H,1-3,8-9H2. The number of nitrogens with zero attached hydrogens (tertiary/aromatic N) is 1. The SMILES string of the molecule is O=S(=O)(c1ccc(S(=O)(=O)N2CCCCC2)cc1)C(F)F. The molecule has 1 fully saturated rings. The number of sulfone groups is 1. The second-order valence-corrected chi connectivity index (χ2v) is 8.60. The van der Waals surface area contributed by atoms with E-state index in [0.717, 1.165) is 43.5 Å². The number of benzene rings is 1. The van der Waals surface area contributed by atoms with Crippen LogP contribution < -0.4 is 0 Å². The van der Waals surface area contributed by atoms with Crippen molar-refractivity contribution in [3.05, 3.63) is 24.3 Å². The summed E-state index contributed by atoms with van der Waals surface area (Å²) in [6.07, 6.45) is 2.52. The van der Waals surface area contributed by atoms with Crippen molar-refractivity contribution >= 4 is 19.9 Å². The normalized spacial score (nSPS) is 18.0. The Balaban J connectivity index is 2.30. The van der Waals surface area contributed by atoms with Gasteiger partial charge in [0.15, 0.2) is 0 Å². The number of halogens is 2. The molecule has 0 N–H and O–H groups in total. The van der Waals surface area contributed by atoms with Gasteiger partial charge in [-0.3, -0.25) is 0 Å². The Hall–Kier alpha value is -1.06. The van der Waals surface area contributed by atoms with Crippen molar-refractivity contribution in [3.63, 3.8) is 0 Å². The van der Waals surface area contributed by atoms with E-state index >= 15 is 0 Å². The number of sulfonamides is 1. The Kier molecular flexibility index (Phi) is 4.64. The summed E-state index contributed by atoms with van der Waals surface area (Å²) in [6.45, 7) is 0.832. The van der Waals surface area contributed by atoms with Gasteiger partial charge in [0.25, 0.3) is 0 Å². The molecule has 0 aromatic heterocycles. The lowest BCUT2D eigenvalue weighted by Crippen LogP contribution is -2.35. The summed E-state index contributed by atoms with van der Waals surface area (Å²) in [4.78, 5) is -0.673. The molecule has 1 saturated heterocycles. The fraction of sp³-hybridized carbons (Fsp3) is 0.500. The second kappa shape index (κ2) is 5.98. The van der Waals surface area contributed by atoms with Crippen molar-refractivity contribution in [1.82, 2.24) is 4.31 Å². The maximum absolute atomic E-state index is 12.4. The minimum absolute atomic E-state index is 0.0855. The fourth-order valence-electron chi connectivity index (χ4n) is 2.16. The molecule has 5 nitrogen and oxygen atoms in total. The molecule has 1 heterocycles. The van der Waals surface area contributed by atoms with Crippen molar-refractivity contribution < 1.29 is 25.6 Å². The third-order valence-electron chi connectivity index (χ3n) is 3.34. The summed E-state index contributed by atoms with van der Waals surface area (Å²) in [5.41, 5.74) is 0. The van der Waals surface area contributed by atoms with Crippen LogP contribution in [0.15, 0.2) is 34.1 Å². The van der Waals surface area contributed by atoms with Gasteiger partial charge in [0.1, 0.15) is 0 Å². The highest BCUT2D eigenvalue weighted by Gasteiger charge is 2.29. The van der Waals surface area contributed by atoms with E-state index in [0.29, 0.717) is 13.1 Å². The molecule has 0 aliphatic carbocycles. The minimum Gasteiger partial charge on any atom is -0.218 e. The van der Waals surface area contributed by atoms with Crippen molar-refractivity contribution in [1.29, 1.82) is 0 Å². The molecular weight excluding hydrogens is 324 g/mol.